The number of amidine groups is 1. The minimum atomic E-state index is -4.51. The molecule has 112 valence electrons. The zero-order chi connectivity index (χ0) is 14.8. The first-order valence-corrected chi connectivity index (χ1v) is 6.52. The number of piperazine rings is 1. The van der Waals surface area contributed by atoms with Gasteiger partial charge in [-0.2, -0.15) is 22.5 Å². The number of nitrogens with zero attached hydrogens (tertiary/aromatic N) is 5. The van der Waals surface area contributed by atoms with Crippen LogP contribution in [0.15, 0.2) is 5.16 Å². The monoisotopic (exact) mass is 310 g/mol. The number of aromatic nitrogens is 2. The molecule has 20 heavy (non-hydrogen) atoms. The molecular formula is C9H13F3N6OS. The van der Waals surface area contributed by atoms with Gasteiger partial charge in [0.15, 0.2) is 5.84 Å². The molecule has 3 N–H and O–H groups in total. The summed E-state index contributed by atoms with van der Waals surface area (Å²) in [5, 5.41) is 11.6. The van der Waals surface area contributed by atoms with Crippen LogP contribution in [0.5, 0.6) is 0 Å². The van der Waals surface area contributed by atoms with Gasteiger partial charge in [-0.1, -0.05) is 5.16 Å². The van der Waals surface area contributed by atoms with E-state index in [1.54, 1.807) is 4.90 Å². The van der Waals surface area contributed by atoms with E-state index >= 15 is 0 Å². The molecule has 0 amide bonds. The van der Waals surface area contributed by atoms with Crippen molar-refractivity contribution in [2.75, 3.05) is 37.6 Å². The largest absolute Gasteiger partial charge is 0.452 e. The van der Waals surface area contributed by atoms with Crippen molar-refractivity contribution in [2.45, 2.75) is 6.18 Å². The fourth-order valence-corrected chi connectivity index (χ4v) is 2.55. The smallest absolute Gasteiger partial charge is 0.409 e. The topological polar surface area (TPSA) is 90.9 Å². The molecule has 1 aromatic rings. The lowest BCUT2D eigenvalue weighted by Crippen LogP contribution is -2.49. The van der Waals surface area contributed by atoms with Gasteiger partial charge in [-0.3, -0.25) is 4.90 Å². The predicted molar refractivity (Wildman–Crippen MR) is 67.0 cm³/mol. The molecule has 0 unspecified atom stereocenters. The molecule has 11 heteroatoms. The molecular weight excluding hydrogens is 297 g/mol. The maximum atomic E-state index is 12.4. The molecule has 0 atom stereocenters. The molecule has 1 fully saturated rings. The van der Waals surface area contributed by atoms with Crippen LogP contribution in [-0.4, -0.2) is 58.0 Å². The third-order valence-corrected chi connectivity index (χ3v) is 3.60. The van der Waals surface area contributed by atoms with E-state index in [9.17, 15) is 13.2 Å². The van der Waals surface area contributed by atoms with Crippen LogP contribution in [0.4, 0.5) is 18.3 Å². The first-order valence-electron chi connectivity index (χ1n) is 5.75. The normalized spacial score (nSPS) is 18.6. The van der Waals surface area contributed by atoms with Crippen molar-refractivity contribution in [2.24, 2.45) is 10.9 Å². The zero-order valence-electron chi connectivity index (χ0n) is 10.3. The van der Waals surface area contributed by atoms with Crippen molar-refractivity contribution in [1.82, 2.24) is 14.3 Å². The number of oxime groups is 1. The van der Waals surface area contributed by atoms with Gasteiger partial charge in [-0.25, -0.2) is 0 Å². The third-order valence-electron chi connectivity index (χ3n) is 2.83. The minimum Gasteiger partial charge on any atom is -0.409 e. The van der Waals surface area contributed by atoms with E-state index in [4.69, 9.17) is 10.9 Å². The minimum absolute atomic E-state index is 0.105. The van der Waals surface area contributed by atoms with Gasteiger partial charge in [-0.05, 0) is 0 Å². The highest BCUT2D eigenvalue weighted by atomic mass is 32.1. The van der Waals surface area contributed by atoms with Crippen LogP contribution in [0.25, 0.3) is 0 Å². The molecule has 2 rings (SSSR count). The molecule has 2 heterocycles. The fourth-order valence-electron chi connectivity index (χ4n) is 1.82. The van der Waals surface area contributed by atoms with Crippen molar-refractivity contribution in [3.05, 3.63) is 5.82 Å². The van der Waals surface area contributed by atoms with Crippen LogP contribution in [-0.2, 0) is 6.18 Å². The Bertz CT molecular complexity index is 482. The second-order valence-corrected chi connectivity index (χ2v) is 4.98. The Hall–Kier alpha value is -1.62. The van der Waals surface area contributed by atoms with Gasteiger partial charge in [-0.15, -0.1) is 0 Å². The molecule has 1 saturated heterocycles. The maximum absolute atomic E-state index is 12.4. The Morgan fingerprint density at radius 1 is 1.35 bits per heavy atom. The predicted octanol–water partition coefficient (Wildman–Crippen LogP) is 0.425. The second kappa shape index (κ2) is 5.79. The van der Waals surface area contributed by atoms with Crippen LogP contribution in [0.1, 0.15) is 5.82 Å². The number of nitrogens with two attached hydrogens (primary N) is 1. The van der Waals surface area contributed by atoms with Crippen molar-refractivity contribution >= 4 is 22.5 Å². The Labute approximate surface area is 116 Å². The van der Waals surface area contributed by atoms with Gasteiger partial charge in [0.25, 0.3) is 0 Å². The third kappa shape index (κ3) is 3.48. The lowest BCUT2D eigenvalue weighted by atomic mass is 10.3. The highest BCUT2D eigenvalue weighted by Crippen LogP contribution is 2.30. The average molecular weight is 310 g/mol. The lowest BCUT2D eigenvalue weighted by Gasteiger charge is -2.33. The number of hydrogen-bond donors (Lipinski definition) is 2. The van der Waals surface area contributed by atoms with E-state index in [-0.39, 0.29) is 11.0 Å². The highest BCUT2D eigenvalue weighted by molar-refractivity contribution is 7.09. The molecule has 7 nitrogen and oxygen atoms in total. The molecule has 1 aromatic heterocycles. The molecule has 0 bridgehead atoms. The molecule has 0 radical (unpaired) electrons. The van der Waals surface area contributed by atoms with Crippen LogP contribution < -0.4 is 10.6 Å². The molecule has 0 aromatic carbocycles. The zero-order valence-corrected chi connectivity index (χ0v) is 11.2. The molecule has 0 saturated carbocycles. The Morgan fingerprint density at radius 3 is 2.50 bits per heavy atom. The Balaban J connectivity index is 1.92. The maximum Gasteiger partial charge on any atom is 0.452 e. The summed E-state index contributed by atoms with van der Waals surface area (Å²) in [4.78, 5) is 7.20. The van der Waals surface area contributed by atoms with Crippen LogP contribution >= 0.6 is 11.5 Å². The van der Waals surface area contributed by atoms with Crippen molar-refractivity contribution in [3.63, 3.8) is 0 Å². The van der Waals surface area contributed by atoms with Crippen molar-refractivity contribution < 1.29 is 18.4 Å². The highest BCUT2D eigenvalue weighted by Gasteiger charge is 2.36. The summed E-state index contributed by atoms with van der Waals surface area (Å²) in [5.41, 5.74) is 5.40. The molecule has 0 aliphatic carbocycles. The van der Waals surface area contributed by atoms with Gasteiger partial charge in [0, 0.05) is 37.7 Å². The van der Waals surface area contributed by atoms with E-state index in [1.165, 1.54) is 0 Å². The van der Waals surface area contributed by atoms with Gasteiger partial charge < -0.3 is 15.8 Å². The second-order valence-electron chi connectivity index (χ2n) is 4.25. The van der Waals surface area contributed by atoms with Gasteiger partial charge in [0.05, 0.1) is 6.54 Å². The van der Waals surface area contributed by atoms with E-state index in [0.29, 0.717) is 32.7 Å². The number of hydrogen-bond acceptors (Lipinski definition) is 7. The van der Waals surface area contributed by atoms with E-state index in [1.807, 2.05) is 4.90 Å². The average Bonchev–Trinajstić information content (AvgIpc) is 2.89. The Morgan fingerprint density at radius 2 is 2.00 bits per heavy atom. The summed E-state index contributed by atoms with van der Waals surface area (Å²) in [6.45, 7) is 2.55. The summed E-state index contributed by atoms with van der Waals surface area (Å²) in [6, 6.07) is 0. The van der Waals surface area contributed by atoms with E-state index in [2.05, 4.69) is 14.5 Å². The van der Waals surface area contributed by atoms with E-state index < -0.39 is 12.0 Å². The van der Waals surface area contributed by atoms with Crippen LogP contribution in [0.3, 0.4) is 0 Å². The van der Waals surface area contributed by atoms with Crippen LogP contribution in [0, 0.1) is 0 Å². The quantitative estimate of drug-likeness (QED) is 0.364. The van der Waals surface area contributed by atoms with Crippen molar-refractivity contribution in [3.8, 4) is 0 Å². The first-order chi connectivity index (χ1) is 9.40. The van der Waals surface area contributed by atoms with Gasteiger partial charge >= 0.3 is 6.18 Å². The summed E-state index contributed by atoms with van der Waals surface area (Å²) in [7, 11) is 0. The Kier molecular flexibility index (Phi) is 4.28. The SMILES string of the molecule is NC(CN1CCN(c2nc(C(F)(F)F)ns2)CC1)=NO. The fraction of sp³-hybridized carbons (Fsp3) is 0.667. The summed E-state index contributed by atoms with van der Waals surface area (Å²) in [5.74, 6) is -0.995. The van der Waals surface area contributed by atoms with E-state index in [0.717, 1.165) is 11.5 Å². The van der Waals surface area contributed by atoms with Gasteiger partial charge in [0.1, 0.15) is 0 Å². The number of halogens is 3. The molecule has 1 aliphatic rings. The summed E-state index contributed by atoms with van der Waals surface area (Å²) in [6.07, 6.45) is -4.51. The standard InChI is InChI=1S/C9H13F3N6OS/c10-9(11,12)7-14-8(20-16-7)18-3-1-17(2-4-18)5-6(13)15-19/h19H,1-5H2,(H2,13,15). The molecule has 0 spiro atoms. The van der Waals surface area contributed by atoms with Crippen molar-refractivity contribution in [1.29, 1.82) is 0 Å². The number of rotatable bonds is 3. The number of anilines is 1. The summed E-state index contributed by atoms with van der Waals surface area (Å²) >= 11 is 0.740. The number of alkyl halides is 3. The van der Waals surface area contributed by atoms with Gasteiger partial charge in [0.2, 0.25) is 11.0 Å². The van der Waals surface area contributed by atoms with Crippen LogP contribution in [0.2, 0.25) is 0 Å². The first kappa shape index (κ1) is 14.8. The molecule has 1 aliphatic heterocycles. The lowest BCUT2D eigenvalue weighted by molar-refractivity contribution is -0.144. The summed E-state index contributed by atoms with van der Waals surface area (Å²) < 4.78 is 40.6.